The molecule has 0 bridgehead atoms. The minimum absolute atomic E-state index is 0. The molecule has 7 nitrogen and oxygen atoms in total. The third-order valence-electron chi connectivity index (χ3n) is 0.391. The SMILES string of the molecule is [LiH].[Li][P](=O)(O)OP(=O)(O)[O][V]=[O].[V]. The van der Waals surface area contributed by atoms with E-state index in [1.807, 2.05) is 0 Å². The van der Waals surface area contributed by atoms with Crippen LogP contribution in [-0.4, -0.2) is 45.9 Å². The Bertz CT molecular complexity index is 235. The maximum Gasteiger partial charge on any atom is 0 e. The van der Waals surface area contributed by atoms with E-state index in [0.717, 1.165) is 0 Å². The Balaban J connectivity index is -0.000000500. The molecule has 0 saturated heterocycles. The van der Waals surface area contributed by atoms with Gasteiger partial charge < -0.3 is 0 Å². The molecule has 0 aromatic heterocycles. The quantitative estimate of drug-likeness (QED) is 0.509. The molecule has 2 atom stereocenters. The topological polar surface area (TPSA) is 110 Å². The number of rotatable bonds is 4. The van der Waals surface area contributed by atoms with Crippen molar-refractivity contribution in [2.45, 2.75) is 0 Å². The maximum absolute atomic E-state index is 10.4. The number of hydrogen-bond donors (Lipinski definition) is 2. The average molecular weight is 293 g/mol. The van der Waals surface area contributed by atoms with Crippen molar-refractivity contribution >= 4 is 49.9 Å². The Morgan fingerprint density at radius 2 is 1.69 bits per heavy atom. The first-order valence-electron chi connectivity index (χ1n) is 2.13. The van der Waals surface area contributed by atoms with Crippen molar-refractivity contribution in [1.82, 2.24) is 0 Å². The van der Waals surface area contributed by atoms with Gasteiger partial charge in [-0.05, 0) is 0 Å². The van der Waals surface area contributed by atoms with E-state index in [4.69, 9.17) is 9.79 Å². The molecule has 1 radical (unpaired) electrons. The van der Waals surface area contributed by atoms with Gasteiger partial charge >= 0.3 is 96.9 Å². The summed E-state index contributed by atoms with van der Waals surface area (Å²) in [6.45, 7) is 0. The van der Waals surface area contributed by atoms with Crippen molar-refractivity contribution < 1.29 is 65.5 Å². The first-order valence-corrected chi connectivity index (χ1v) is 6.79. The second-order valence-electron chi connectivity index (χ2n) is 1.51. The van der Waals surface area contributed by atoms with E-state index < -0.39 is 30.4 Å². The molecular formula is H3Li2O7P2V2. The Morgan fingerprint density at radius 3 is 1.92 bits per heavy atom. The van der Waals surface area contributed by atoms with Crippen molar-refractivity contribution in [2.24, 2.45) is 0 Å². The monoisotopic (exact) mass is 293 g/mol. The maximum atomic E-state index is 10.4. The summed E-state index contributed by atoms with van der Waals surface area (Å²) in [6, 6.07) is -4.08. The van der Waals surface area contributed by atoms with Crippen LogP contribution in [0.1, 0.15) is 0 Å². The molecule has 0 aliphatic heterocycles. The fourth-order valence-electron chi connectivity index (χ4n) is 0.248. The van der Waals surface area contributed by atoms with Crippen molar-refractivity contribution in [3.05, 3.63) is 0 Å². The Labute approximate surface area is 114 Å². The van der Waals surface area contributed by atoms with E-state index in [-0.39, 0.29) is 37.4 Å². The molecule has 0 aliphatic rings. The fraction of sp³-hybridized carbons (Fsp3) is 0. The van der Waals surface area contributed by atoms with Gasteiger partial charge in [-0.2, -0.15) is 0 Å². The summed E-state index contributed by atoms with van der Waals surface area (Å²) in [6.07, 6.45) is 0. The van der Waals surface area contributed by atoms with E-state index >= 15 is 0 Å². The van der Waals surface area contributed by atoms with Crippen molar-refractivity contribution in [2.75, 3.05) is 0 Å². The van der Waals surface area contributed by atoms with E-state index in [9.17, 15) is 12.8 Å². The molecular weight excluding hydrogens is 290 g/mol. The third kappa shape index (κ3) is 14.5. The summed E-state index contributed by atoms with van der Waals surface area (Å²) in [5.74, 6) is 0. The van der Waals surface area contributed by atoms with E-state index in [1.165, 1.54) is 0 Å². The van der Waals surface area contributed by atoms with Crippen molar-refractivity contribution in [3.8, 4) is 0 Å². The molecule has 2 N–H and O–H groups in total. The summed E-state index contributed by atoms with van der Waals surface area (Å²) in [5.41, 5.74) is 0. The first-order chi connectivity index (χ1) is 4.77. The normalized spacial score (nSPS) is 18.5. The summed E-state index contributed by atoms with van der Waals surface area (Å²) in [4.78, 5) is 16.9. The second-order valence-corrected chi connectivity index (χ2v) is 5.87. The molecule has 13 heteroatoms. The molecule has 0 saturated carbocycles. The van der Waals surface area contributed by atoms with Crippen molar-refractivity contribution in [1.29, 1.82) is 0 Å². The molecule has 0 heterocycles. The Hall–Kier alpha value is 2.46. The largest absolute Gasteiger partial charge is 0 e. The molecule has 67 valence electrons. The van der Waals surface area contributed by atoms with Gasteiger partial charge in [0.2, 0.25) is 0 Å². The smallest absolute Gasteiger partial charge is 0 e. The minimum atomic E-state index is -4.60. The van der Waals surface area contributed by atoms with Crippen LogP contribution in [0.2, 0.25) is 0 Å². The van der Waals surface area contributed by atoms with Crippen LogP contribution < -0.4 is 0 Å². The van der Waals surface area contributed by atoms with Crippen LogP contribution in [0, 0.1) is 0 Å². The second kappa shape index (κ2) is 8.60. The van der Waals surface area contributed by atoms with E-state index in [1.54, 1.807) is 0 Å². The summed E-state index contributed by atoms with van der Waals surface area (Å²) < 4.78 is 37.9. The van der Waals surface area contributed by atoms with E-state index in [0.29, 0.717) is 17.2 Å². The zero-order valence-electron chi connectivity index (χ0n) is 5.72. The van der Waals surface area contributed by atoms with Gasteiger partial charge in [-0.15, -0.1) is 0 Å². The molecule has 0 fully saturated rings. The van der Waals surface area contributed by atoms with Crippen LogP contribution in [0.5, 0.6) is 0 Å². The van der Waals surface area contributed by atoms with Gasteiger partial charge in [-0.25, -0.2) is 0 Å². The van der Waals surface area contributed by atoms with Gasteiger partial charge in [0.05, 0.1) is 0 Å². The Morgan fingerprint density at radius 1 is 1.31 bits per heavy atom. The molecule has 0 rings (SSSR count). The van der Waals surface area contributed by atoms with Crippen molar-refractivity contribution in [3.63, 3.8) is 0 Å². The molecule has 13 heavy (non-hydrogen) atoms. The van der Waals surface area contributed by atoms with E-state index in [2.05, 4.69) is 7.76 Å². The predicted octanol–water partition coefficient (Wildman–Crippen LogP) is -0.919. The first kappa shape index (κ1) is 20.8. The molecule has 0 aromatic rings. The van der Waals surface area contributed by atoms with Crippen LogP contribution in [0.15, 0.2) is 0 Å². The number of hydrogen-bond acceptors (Lipinski definition) is 5. The van der Waals surface area contributed by atoms with Gasteiger partial charge in [-0.1, -0.05) is 0 Å². The summed E-state index contributed by atoms with van der Waals surface area (Å²) >= 11 is -1.32. The molecule has 0 aliphatic carbocycles. The van der Waals surface area contributed by atoms with Crippen LogP contribution in [0.4, 0.5) is 0 Å². The summed E-state index contributed by atoms with van der Waals surface area (Å²) in [7, 11) is -4.60. The molecule has 2 unspecified atom stereocenters. The van der Waals surface area contributed by atoms with Gasteiger partial charge in [0.15, 0.2) is 0 Å². The van der Waals surface area contributed by atoms with Crippen LogP contribution >= 0.6 is 13.8 Å². The third-order valence-corrected chi connectivity index (χ3v) is 3.98. The Kier molecular flexibility index (Phi) is 13.8. The fourth-order valence-corrected chi connectivity index (χ4v) is 2.80. The zero-order chi connectivity index (χ0) is 9.12. The average Bonchev–Trinajstić information content (AvgIpc) is 1.55. The van der Waals surface area contributed by atoms with Crippen LogP contribution in [-0.2, 0) is 55.7 Å². The standard InChI is InChI=1S/2Li.H2O6P2.O.2V.H/c;;1-7(2)6-8(3,4)5;;;;/h;;(H2-,1,2,3,4,5);;;;/q;-1;;;;+1;. The van der Waals surface area contributed by atoms with Gasteiger partial charge in [0, 0.05) is 18.6 Å². The predicted molar refractivity (Wildman–Crippen MR) is 35.4 cm³/mol. The molecule has 0 aromatic carbocycles. The van der Waals surface area contributed by atoms with Gasteiger partial charge in [0.25, 0.3) is 0 Å². The molecule has 0 amide bonds. The van der Waals surface area contributed by atoms with Crippen LogP contribution in [0.3, 0.4) is 0 Å². The van der Waals surface area contributed by atoms with Gasteiger partial charge in [-0.3, -0.25) is 0 Å². The zero-order valence-corrected chi connectivity index (χ0v) is 10.3. The number of phosphoric acid groups is 1. The van der Waals surface area contributed by atoms with Gasteiger partial charge in [0.1, 0.15) is 0 Å². The van der Waals surface area contributed by atoms with Crippen LogP contribution in [0.25, 0.3) is 0 Å². The molecule has 0 spiro atoms. The minimum Gasteiger partial charge on any atom is 0 e. The summed E-state index contributed by atoms with van der Waals surface area (Å²) in [5, 5.41) is 0.